The summed E-state index contributed by atoms with van der Waals surface area (Å²) in [6.07, 6.45) is 1.26. The van der Waals surface area contributed by atoms with Crippen molar-refractivity contribution in [3.63, 3.8) is 0 Å². The normalized spacial score (nSPS) is 19.8. The van der Waals surface area contributed by atoms with Crippen molar-refractivity contribution in [2.75, 3.05) is 26.7 Å². The Hall–Kier alpha value is -1.06. The predicted molar refractivity (Wildman–Crippen MR) is 70.4 cm³/mol. The number of methoxy groups -OCH3 is 1. The lowest BCUT2D eigenvalue weighted by Gasteiger charge is -2.27. The summed E-state index contributed by atoms with van der Waals surface area (Å²) in [4.78, 5) is 2.54. The molecule has 0 aromatic heterocycles. The second-order valence-electron chi connectivity index (χ2n) is 4.56. The van der Waals surface area contributed by atoms with E-state index in [0.29, 0.717) is 6.04 Å². The Morgan fingerprint density at radius 3 is 3.00 bits per heavy atom. The summed E-state index contributed by atoms with van der Waals surface area (Å²) in [7, 11) is 1.72. The minimum atomic E-state index is 0.686. The van der Waals surface area contributed by atoms with Crippen molar-refractivity contribution in [1.82, 2.24) is 10.2 Å². The van der Waals surface area contributed by atoms with Crippen LogP contribution in [0, 0.1) is 0 Å². The maximum Gasteiger partial charge on any atom is 0.119 e. The van der Waals surface area contributed by atoms with E-state index in [1.165, 1.54) is 12.0 Å². The molecule has 1 N–H and O–H groups in total. The molecule has 0 saturated carbocycles. The maximum absolute atomic E-state index is 5.26. The molecule has 0 radical (unpaired) electrons. The van der Waals surface area contributed by atoms with Gasteiger partial charge in [-0.2, -0.15) is 0 Å². The lowest BCUT2D eigenvalue weighted by Crippen LogP contribution is -2.36. The number of rotatable bonds is 5. The van der Waals surface area contributed by atoms with Gasteiger partial charge in [-0.25, -0.2) is 0 Å². The number of benzene rings is 1. The van der Waals surface area contributed by atoms with Crippen molar-refractivity contribution in [3.8, 4) is 5.75 Å². The molecule has 0 amide bonds. The lowest BCUT2D eigenvalue weighted by atomic mass is 10.1. The van der Waals surface area contributed by atoms with Gasteiger partial charge in [-0.1, -0.05) is 19.1 Å². The van der Waals surface area contributed by atoms with Crippen molar-refractivity contribution in [2.24, 2.45) is 0 Å². The van der Waals surface area contributed by atoms with Crippen LogP contribution in [-0.2, 0) is 6.54 Å². The van der Waals surface area contributed by atoms with Crippen LogP contribution >= 0.6 is 0 Å². The first-order valence-corrected chi connectivity index (χ1v) is 6.41. The zero-order valence-corrected chi connectivity index (χ0v) is 10.8. The van der Waals surface area contributed by atoms with Gasteiger partial charge in [0.05, 0.1) is 7.11 Å². The van der Waals surface area contributed by atoms with E-state index >= 15 is 0 Å². The molecule has 1 aromatic rings. The topological polar surface area (TPSA) is 24.5 Å². The Morgan fingerprint density at radius 1 is 1.47 bits per heavy atom. The Bertz CT molecular complexity index is 348. The predicted octanol–water partition coefficient (Wildman–Crippen LogP) is 1.88. The molecule has 0 bridgehead atoms. The molecule has 1 fully saturated rings. The highest BCUT2D eigenvalue weighted by molar-refractivity contribution is 5.28. The summed E-state index contributed by atoms with van der Waals surface area (Å²) < 4.78 is 5.26. The van der Waals surface area contributed by atoms with Crippen LogP contribution in [0.3, 0.4) is 0 Å². The first-order valence-electron chi connectivity index (χ1n) is 6.41. The standard InChI is InChI=1S/C14H22N2O/c1-3-16(13-7-8-15-10-13)11-12-5-4-6-14(9-12)17-2/h4-6,9,13,15H,3,7-8,10-11H2,1-2H3. The van der Waals surface area contributed by atoms with Gasteiger partial charge in [-0.15, -0.1) is 0 Å². The van der Waals surface area contributed by atoms with Crippen LogP contribution in [0.4, 0.5) is 0 Å². The number of nitrogens with one attached hydrogen (secondary N) is 1. The van der Waals surface area contributed by atoms with Gasteiger partial charge < -0.3 is 10.1 Å². The minimum Gasteiger partial charge on any atom is -0.497 e. The molecular formula is C14H22N2O. The second kappa shape index (κ2) is 6.03. The summed E-state index contributed by atoms with van der Waals surface area (Å²) in [6, 6.07) is 9.05. The third-order valence-corrected chi connectivity index (χ3v) is 3.48. The zero-order valence-electron chi connectivity index (χ0n) is 10.8. The molecule has 1 aliphatic heterocycles. The quantitative estimate of drug-likeness (QED) is 0.842. The van der Waals surface area contributed by atoms with Crippen molar-refractivity contribution < 1.29 is 4.74 Å². The van der Waals surface area contributed by atoms with Gasteiger partial charge in [-0.05, 0) is 37.2 Å². The fraction of sp³-hybridized carbons (Fsp3) is 0.571. The van der Waals surface area contributed by atoms with Crippen LogP contribution in [0.5, 0.6) is 5.75 Å². The van der Waals surface area contributed by atoms with E-state index in [4.69, 9.17) is 4.74 Å². The van der Waals surface area contributed by atoms with Crippen LogP contribution in [0.15, 0.2) is 24.3 Å². The van der Waals surface area contributed by atoms with E-state index in [2.05, 4.69) is 35.3 Å². The molecule has 3 heteroatoms. The number of hydrogen-bond donors (Lipinski definition) is 1. The van der Waals surface area contributed by atoms with Crippen LogP contribution in [-0.4, -0.2) is 37.7 Å². The van der Waals surface area contributed by atoms with Gasteiger partial charge in [0, 0.05) is 19.1 Å². The molecule has 2 rings (SSSR count). The Kier molecular flexibility index (Phi) is 4.40. The van der Waals surface area contributed by atoms with Gasteiger partial charge in [0.25, 0.3) is 0 Å². The van der Waals surface area contributed by atoms with Gasteiger partial charge in [0.15, 0.2) is 0 Å². The summed E-state index contributed by atoms with van der Waals surface area (Å²) in [5.41, 5.74) is 1.33. The number of likely N-dealkylation sites (N-methyl/N-ethyl adjacent to an activating group) is 1. The fourth-order valence-corrected chi connectivity index (χ4v) is 2.46. The lowest BCUT2D eigenvalue weighted by molar-refractivity contribution is 0.210. The van der Waals surface area contributed by atoms with E-state index in [0.717, 1.165) is 31.9 Å². The molecule has 0 spiro atoms. The van der Waals surface area contributed by atoms with Crippen molar-refractivity contribution in [1.29, 1.82) is 0 Å². The van der Waals surface area contributed by atoms with E-state index in [1.54, 1.807) is 7.11 Å². The zero-order chi connectivity index (χ0) is 12.1. The van der Waals surface area contributed by atoms with Crippen LogP contribution in [0.25, 0.3) is 0 Å². The molecule has 1 saturated heterocycles. The number of hydrogen-bond acceptors (Lipinski definition) is 3. The molecule has 1 atom stereocenters. The summed E-state index contributed by atoms with van der Waals surface area (Å²) in [5, 5.41) is 3.43. The molecular weight excluding hydrogens is 212 g/mol. The largest absolute Gasteiger partial charge is 0.497 e. The minimum absolute atomic E-state index is 0.686. The van der Waals surface area contributed by atoms with Gasteiger partial charge in [0.2, 0.25) is 0 Å². The first kappa shape index (κ1) is 12.4. The van der Waals surface area contributed by atoms with Crippen molar-refractivity contribution in [3.05, 3.63) is 29.8 Å². The van der Waals surface area contributed by atoms with Gasteiger partial charge in [-0.3, -0.25) is 4.90 Å². The Labute approximate surface area is 104 Å². The maximum atomic E-state index is 5.26. The molecule has 0 aliphatic carbocycles. The highest BCUT2D eigenvalue weighted by atomic mass is 16.5. The molecule has 17 heavy (non-hydrogen) atoms. The van der Waals surface area contributed by atoms with Crippen molar-refractivity contribution in [2.45, 2.75) is 25.9 Å². The van der Waals surface area contributed by atoms with E-state index in [9.17, 15) is 0 Å². The Balaban J connectivity index is 2.01. The van der Waals surface area contributed by atoms with E-state index in [1.807, 2.05) is 6.07 Å². The van der Waals surface area contributed by atoms with Crippen LogP contribution < -0.4 is 10.1 Å². The summed E-state index contributed by atoms with van der Waals surface area (Å²) >= 11 is 0. The smallest absolute Gasteiger partial charge is 0.119 e. The summed E-state index contributed by atoms with van der Waals surface area (Å²) in [6.45, 7) is 6.62. The third-order valence-electron chi connectivity index (χ3n) is 3.48. The molecule has 1 aromatic carbocycles. The van der Waals surface area contributed by atoms with Gasteiger partial charge >= 0.3 is 0 Å². The van der Waals surface area contributed by atoms with Gasteiger partial charge in [0.1, 0.15) is 5.75 Å². The second-order valence-corrected chi connectivity index (χ2v) is 4.56. The molecule has 1 unspecified atom stereocenters. The highest BCUT2D eigenvalue weighted by Crippen LogP contribution is 2.17. The van der Waals surface area contributed by atoms with Crippen LogP contribution in [0.1, 0.15) is 18.9 Å². The molecule has 3 nitrogen and oxygen atoms in total. The SMILES string of the molecule is CCN(Cc1cccc(OC)c1)C1CCNC1. The van der Waals surface area contributed by atoms with E-state index < -0.39 is 0 Å². The number of nitrogens with zero attached hydrogens (tertiary/aromatic N) is 1. The molecule has 1 heterocycles. The molecule has 1 aliphatic rings. The van der Waals surface area contributed by atoms with Crippen molar-refractivity contribution >= 4 is 0 Å². The average molecular weight is 234 g/mol. The first-order chi connectivity index (χ1) is 8.33. The monoisotopic (exact) mass is 234 g/mol. The van der Waals surface area contributed by atoms with Crippen LogP contribution in [0.2, 0.25) is 0 Å². The molecule has 94 valence electrons. The summed E-state index contributed by atoms with van der Waals surface area (Å²) in [5.74, 6) is 0.947. The van der Waals surface area contributed by atoms with E-state index in [-0.39, 0.29) is 0 Å². The number of ether oxygens (including phenoxy) is 1. The highest BCUT2D eigenvalue weighted by Gasteiger charge is 2.20. The third kappa shape index (κ3) is 3.20. The average Bonchev–Trinajstić information content (AvgIpc) is 2.90. The Morgan fingerprint density at radius 2 is 2.35 bits per heavy atom. The fourth-order valence-electron chi connectivity index (χ4n) is 2.46.